The van der Waals surface area contributed by atoms with Crippen LogP contribution >= 0.6 is 0 Å². The van der Waals surface area contributed by atoms with Gasteiger partial charge in [-0.25, -0.2) is 13.2 Å². The van der Waals surface area contributed by atoms with Crippen molar-refractivity contribution in [2.24, 2.45) is 0 Å². The van der Waals surface area contributed by atoms with Crippen LogP contribution in [0.15, 0.2) is 71.6 Å². The largest absolute Gasteiger partial charge is 0.478 e. The third-order valence-corrected chi connectivity index (χ3v) is 7.19. The molecule has 1 aliphatic rings. The first kappa shape index (κ1) is 22.1. The lowest BCUT2D eigenvalue weighted by atomic mass is 9.98. The average Bonchev–Trinajstić information content (AvgIpc) is 3.58. The summed E-state index contributed by atoms with van der Waals surface area (Å²) in [6, 6.07) is 15.6. The van der Waals surface area contributed by atoms with Crippen LogP contribution in [0.5, 0.6) is 0 Å². The zero-order valence-electron chi connectivity index (χ0n) is 16.8. The van der Waals surface area contributed by atoms with Gasteiger partial charge in [-0.3, -0.25) is 0 Å². The number of sulfone groups is 1. The fourth-order valence-corrected chi connectivity index (χ4v) is 5.44. The van der Waals surface area contributed by atoms with Crippen LogP contribution in [0.3, 0.4) is 0 Å². The first-order valence-electron chi connectivity index (χ1n) is 9.92. The molecular formula is C24H19F3O4S. The van der Waals surface area contributed by atoms with Crippen molar-refractivity contribution in [1.29, 1.82) is 0 Å². The molecule has 0 aromatic heterocycles. The number of carboxylic acid groups (broad SMARTS) is 1. The van der Waals surface area contributed by atoms with Gasteiger partial charge in [-0.1, -0.05) is 42.5 Å². The number of carboxylic acids is 1. The molecule has 1 fully saturated rings. The zero-order valence-corrected chi connectivity index (χ0v) is 17.6. The number of rotatable bonds is 6. The highest BCUT2D eigenvalue weighted by atomic mass is 32.2. The second-order valence-corrected chi connectivity index (χ2v) is 9.78. The van der Waals surface area contributed by atoms with Gasteiger partial charge in [-0.15, -0.1) is 0 Å². The second kappa shape index (κ2) is 8.09. The van der Waals surface area contributed by atoms with Crippen molar-refractivity contribution in [2.75, 3.05) is 0 Å². The van der Waals surface area contributed by atoms with Crippen LogP contribution in [-0.2, 0) is 21.8 Å². The molecule has 3 aromatic rings. The zero-order chi connectivity index (χ0) is 23.1. The molecule has 1 aliphatic carbocycles. The predicted octanol–water partition coefficient (Wildman–Crippen LogP) is 5.92. The third kappa shape index (κ3) is 4.55. The Morgan fingerprint density at radius 1 is 0.969 bits per heavy atom. The Labute approximate surface area is 183 Å². The van der Waals surface area contributed by atoms with Gasteiger partial charge >= 0.3 is 12.1 Å². The first-order valence-corrected chi connectivity index (χ1v) is 11.6. The Kier molecular flexibility index (Phi) is 5.58. The summed E-state index contributed by atoms with van der Waals surface area (Å²) >= 11 is 0. The van der Waals surface area contributed by atoms with Crippen LogP contribution in [-0.4, -0.2) is 19.5 Å². The van der Waals surface area contributed by atoms with Crippen LogP contribution in [0.4, 0.5) is 13.2 Å². The maximum atomic E-state index is 13.4. The summed E-state index contributed by atoms with van der Waals surface area (Å²) in [5.74, 6) is -1.94. The fourth-order valence-electron chi connectivity index (χ4n) is 3.74. The van der Waals surface area contributed by atoms with Gasteiger partial charge in [0.05, 0.1) is 21.8 Å². The van der Waals surface area contributed by atoms with Gasteiger partial charge in [-0.2, -0.15) is 13.2 Å². The summed E-state index contributed by atoms with van der Waals surface area (Å²) in [7, 11) is -4.13. The minimum atomic E-state index is -4.63. The summed E-state index contributed by atoms with van der Waals surface area (Å²) < 4.78 is 66.9. The molecule has 8 heteroatoms. The molecule has 3 aromatic carbocycles. The van der Waals surface area contributed by atoms with Gasteiger partial charge in [-0.05, 0) is 65.3 Å². The molecule has 1 saturated carbocycles. The van der Waals surface area contributed by atoms with E-state index in [9.17, 15) is 31.5 Å². The van der Waals surface area contributed by atoms with E-state index in [2.05, 4.69) is 0 Å². The van der Waals surface area contributed by atoms with Gasteiger partial charge in [0.15, 0.2) is 9.84 Å². The lowest BCUT2D eigenvalue weighted by molar-refractivity contribution is -0.137. The van der Waals surface area contributed by atoms with E-state index < -0.39 is 33.3 Å². The molecule has 0 radical (unpaired) electrons. The monoisotopic (exact) mass is 460 g/mol. The van der Waals surface area contributed by atoms with E-state index in [0.717, 1.165) is 31.0 Å². The van der Waals surface area contributed by atoms with Crippen LogP contribution in [0.2, 0.25) is 0 Å². The van der Waals surface area contributed by atoms with Gasteiger partial charge in [0.1, 0.15) is 0 Å². The van der Waals surface area contributed by atoms with E-state index in [1.807, 2.05) is 0 Å². The molecule has 0 amide bonds. The number of carbonyl (C=O) groups is 1. The van der Waals surface area contributed by atoms with E-state index >= 15 is 0 Å². The molecular weight excluding hydrogens is 441 g/mol. The Morgan fingerprint density at radius 2 is 1.66 bits per heavy atom. The van der Waals surface area contributed by atoms with Crippen LogP contribution in [0.25, 0.3) is 11.1 Å². The standard InChI is InChI=1S/C24H19F3O4S/c25-24(26,27)19-9-11-20(15-4-2-1-3-5-15)18(12-19)14-32(30,31)22-13-17(23(28)29)8-10-21(22)16-6-7-16/h1-5,8-13,16H,6-7,14H2,(H,28,29). The molecule has 0 unspecified atom stereocenters. The highest BCUT2D eigenvalue weighted by Crippen LogP contribution is 2.44. The molecule has 4 rings (SSSR count). The van der Waals surface area contributed by atoms with Crippen molar-refractivity contribution in [3.63, 3.8) is 0 Å². The Morgan fingerprint density at radius 3 is 2.25 bits per heavy atom. The SMILES string of the molecule is O=C(O)c1ccc(C2CC2)c(S(=O)(=O)Cc2cc(C(F)(F)F)ccc2-c2ccccc2)c1. The van der Waals surface area contributed by atoms with E-state index in [-0.39, 0.29) is 21.9 Å². The van der Waals surface area contributed by atoms with E-state index in [0.29, 0.717) is 16.7 Å². The van der Waals surface area contributed by atoms with Crippen molar-refractivity contribution in [3.05, 3.63) is 89.0 Å². The number of alkyl halides is 3. The van der Waals surface area contributed by atoms with Crippen molar-refractivity contribution in [1.82, 2.24) is 0 Å². The number of aromatic carboxylic acids is 1. The normalized spacial score (nSPS) is 14.3. The minimum Gasteiger partial charge on any atom is -0.478 e. The van der Waals surface area contributed by atoms with Gasteiger partial charge in [0.25, 0.3) is 0 Å². The molecule has 0 aliphatic heterocycles. The maximum absolute atomic E-state index is 13.4. The number of hydrogen-bond donors (Lipinski definition) is 1. The fraction of sp³-hybridized carbons (Fsp3) is 0.208. The lowest BCUT2D eigenvalue weighted by Gasteiger charge is -2.16. The predicted molar refractivity (Wildman–Crippen MR) is 113 cm³/mol. The topological polar surface area (TPSA) is 71.4 Å². The van der Waals surface area contributed by atoms with E-state index in [1.54, 1.807) is 30.3 Å². The molecule has 0 atom stereocenters. The van der Waals surface area contributed by atoms with Crippen molar-refractivity contribution >= 4 is 15.8 Å². The second-order valence-electron chi connectivity index (χ2n) is 7.83. The van der Waals surface area contributed by atoms with E-state index in [4.69, 9.17) is 0 Å². The number of benzene rings is 3. The quantitative estimate of drug-likeness (QED) is 0.496. The molecule has 0 saturated heterocycles. The number of halogens is 3. The van der Waals surface area contributed by atoms with Crippen molar-refractivity contribution in [2.45, 2.75) is 35.6 Å². The van der Waals surface area contributed by atoms with Crippen LogP contribution < -0.4 is 0 Å². The summed E-state index contributed by atoms with van der Waals surface area (Å²) in [6.45, 7) is 0. The molecule has 4 nitrogen and oxygen atoms in total. The van der Waals surface area contributed by atoms with Crippen molar-refractivity contribution < 1.29 is 31.5 Å². The summed E-state index contributed by atoms with van der Waals surface area (Å²) in [5, 5.41) is 9.31. The van der Waals surface area contributed by atoms with Crippen LogP contribution in [0.1, 0.15) is 45.8 Å². The lowest BCUT2D eigenvalue weighted by Crippen LogP contribution is -2.12. The molecule has 0 heterocycles. The summed E-state index contributed by atoms with van der Waals surface area (Å²) in [6.07, 6.45) is -3.06. The smallest absolute Gasteiger partial charge is 0.416 e. The minimum absolute atomic E-state index is 0.00787. The molecule has 166 valence electrons. The maximum Gasteiger partial charge on any atom is 0.416 e. The highest BCUT2D eigenvalue weighted by molar-refractivity contribution is 7.90. The van der Waals surface area contributed by atoms with Crippen molar-refractivity contribution in [3.8, 4) is 11.1 Å². The van der Waals surface area contributed by atoms with Gasteiger partial charge in [0.2, 0.25) is 0 Å². The van der Waals surface area contributed by atoms with Gasteiger partial charge < -0.3 is 5.11 Å². The Hall–Kier alpha value is -3.13. The molecule has 1 N–H and O–H groups in total. The molecule has 32 heavy (non-hydrogen) atoms. The Bertz CT molecular complexity index is 1280. The first-order chi connectivity index (χ1) is 15.1. The summed E-state index contributed by atoms with van der Waals surface area (Å²) in [5.41, 5.74) is 0.374. The highest BCUT2D eigenvalue weighted by Gasteiger charge is 2.34. The average molecular weight is 460 g/mol. The van der Waals surface area contributed by atoms with Crippen LogP contribution in [0, 0.1) is 0 Å². The molecule has 0 bridgehead atoms. The molecule has 0 spiro atoms. The number of hydrogen-bond acceptors (Lipinski definition) is 3. The summed E-state index contributed by atoms with van der Waals surface area (Å²) in [4.78, 5) is 11.3. The van der Waals surface area contributed by atoms with Gasteiger partial charge in [0, 0.05) is 0 Å². The van der Waals surface area contributed by atoms with E-state index in [1.165, 1.54) is 18.2 Å². The Balaban J connectivity index is 1.84. The third-order valence-electron chi connectivity index (χ3n) is 5.48.